The molecule has 13 aromatic rings. The minimum atomic E-state index is 0.881. The maximum absolute atomic E-state index is 6.70. The van der Waals surface area contributed by atoms with Crippen LogP contribution in [-0.2, 0) is 0 Å². The van der Waals surface area contributed by atoms with Gasteiger partial charge in [0.1, 0.15) is 11.2 Å². The SMILES string of the molecule is c1cc(-c2ccccc2-n2c3ccccc3c3ccccc32)cc(N(c2cccc(-c3cc4ccccc4c4ccccc34)c2)c2ccccc2-c2cccc3c2oc2ccccc23)c1. The van der Waals surface area contributed by atoms with Gasteiger partial charge in [0.2, 0.25) is 0 Å². The maximum Gasteiger partial charge on any atom is 0.143 e. The van der Waals surface area contributed by atoms with Gasteiger partial charge in [0, 0.05) is 49.6 Å². The molecule has 3 nitrogen and oxygen atoms in total. The monoisotopic (exact) mass is 828 g/mol. The van der Waals surface area contributed by atoms with Gasteiger partial charge in [-0.1, -0.05) is 182 Å². The van der Waals surface area contributed by atoms with Crippen LogP contribution in [0.25, 0.3) is 104 Å². The molecular formula is C62H40N2O. The number of anilines is 3. The first-order valence-electron chi connectivity index (χ1n) is 22.3. The number of hydrogen-bond donors (Lipinski definition) is 0. The highest BCUT2D eigenvalue weighted by Gasteiger charge is 2.23. The van der Waals surface area contributed by atoms with Gasteiger partial charge >= 0.3 is 0 Å². The minimum absolute atomic E-state index is 0.881. The Hall–Kier alpha value is -8.66. The zero-order chi connectivity index (χ0) is 42.8. The lowest BCUT2D eigenvalue weighted by molar-refractivity contribution is 0.670. The average molecular weight is 829 g/mol. The second-order valence-corrected chi connectivity index (χ2v) is 16.8. The van der Waals surface area contributed by atoms with E-state index in [0.717, 1.165) is 72.5 Å². The fraction of sp³-hybridized carbons (Fsp3) is 0. The molecule has 0 radical (unpaired) electrons. The molecule has 0 bridgehead atoms. The summed E-state index contributed by atoms with van der Waals surface area (Å²) in [6.45, 7) is 0. The molecule has 0 atom stereocenters. The Kier molecular flexibility index (Phi) is 8.53. The van der Waals surface area contributed by atoms with E-state index in [4.69, 9.17) is 4.42 Å². The third kappa shape index (κ3) is 5.97. The Bertz CT molecular complexity index is 3930. The molecule has 13 rings (SSSR count). The smallest absolute Gasteiger partial charge is 0.143 e. The van der Waals surface area contributed by atoms with E-state index in [1.807, 2.05) is 6.07 Å². The summed E-state index contributed by atoms with van der Waals surface area (Å²) in [4.78, 5) is 2.43. The Labute approximate surface area is 376 Å². The molecule has 65 heavy (non-hydrogen) atoms. The first-order chi connectivity index (χ1) is 32.3. The van der Waals surface area contributed by atoms with Crippen molar-refractivity contribution in [1.29, 1.82) is 0 Å². The van der Waals surface area contributed by atoms with E-state index in [2.05, 4.69) is 246 Å². The number of aromatic nitrogens is 1. The van der Waals surface area contributed by atoms with Crippen LogP contribution in [-0.4, -0.2) is 4.57 Å². The fourth-order valence-corrected chi connectivity index (χ4v) is 10.3. The predicted octanol–water partition coefficient (Wildman–Crippen LogP) is 17.5. The number of benzene rings is 11. The van der Waals surface area contributed by atoms with Crippen molar-refractivity contribution in [2.75, 3.05) is 4.90 Å². The fourth-order valence-electron chi connectivity index (χ4n) is 10.3. The molecule has 0 fully saturated rings. The van der Waals surface area contributed by atoms with Crippen molar-refractivity contribution in [1.82, 2.24) is 4.57 Å². The Morgan fingerprint density at radius 1 is 0.323 bits per heavy atom. The van der Waals surface area contributed by atoms with Crippen LogP contribution < -0.4 is 4.90 Å². The summed E-state index contributed by atoms with van der Waals surface area (Å²) >= 11 is 0. The number of para-hydroxylation sites is 6. The summed E-state index contributed by atoms with van der Waals surface area (Å²) in [5.74, 6) is 0. The molecule has 3 heteroatoms. The summed E-state index contributed by atoms with van der Waals surface area (Å²) in [7, 11) is 0. The lowest BCUT2D eigenvalue weighted by atomic mass is 9.93. The van der Waals surface area contributed by atoms with Crippen molar-refractivity contribution in [3.05, 3.63) is 243 Å². The lowest BCUT2D eigenvalue weighted by Crippen LogP contribution is -2.11. The first kappa shape index (κ1) is 36.9. The van der Waals surface area contributed by atoms with E-state index >= 15 is 0 Å². The molecule has 2 heterocycles. The molecule has 11 aromatic carbocycles. The molecule has 0 spiro atoms. The molecule has 0 aliphatic carbocycles. The van der Waals surface area contributed by atoms with Gasteiger partial charge < -0.3 is 13.9 Å². The van der Waals surface area contributed by atoms with Gasteiger partial charge in [-0.2, -0.15) is 0 Å². The Morgan fingerprint density at radius 3 is 1.60 bits per heavy atom. The highest BCUT2D eigenvalue weighted by molar-refractivity contribution is 6.15. The molecule has 0 amide bonds. The third-order valence-corrected chi connectivity index (χ3v) is 13.2. The number of nitrogens with zero attached hydrogens (tertiary/aromatic N) is 2. The van der Waals surface area contributed by atoms with E-state index in [1.54, 1.807) is 0 Å². The summed E-state index contributed by atoms with van der Waals surface area (Å²) in [5.41, 5.74) is 15.2. The van der Waals surface area contributed by atoms with Gasteiger partial charge in [-0.15, -0.1) is 0 Å². The van der Waals surface area contributed by atoms with E-state index in [9.17, 15) is 0 Å². The number of hydrogen-bond acceptors (Lipinski definition) is 2. The molecule has 304 valence electrons. The molecule has 0 N–H and O–H groups in total. The largest absolute Gasteiger partial charge is 0.455 e. The minimum Gasteiger partial charge on any atom is -0.455 e. The van der Waals surface area contributed by atoms with Crippen molar-refractivity contribution in [3.63, 3.8) is 0 Å². The zero-order valence-electron chi connectivity index (χ0n) is 35.4. The van der Waals surface area contributed by atoms with Gasteiger partial charge in [0.25, 0.3) is 0 Å². The van der Waals surface area contributed by atoms with Gasteiger partial charge in [0.15, 0.2) is 0 Å². The zero-order valence-corrected chi connectivity index (χ0v) is 35.4. The quantitative estimate of drug-likeness (QED) is 0.149. The first-order valence-corrected chi connectivity index (χ1v) is 22.3. The summed E-state index contributed by atoms with van der Waals surface area (Å²) in [6.07, 6.45) is 0. The average Bonchev–Trinajstić information content (AvgIpc) is 3.93. The number of fused-ring (bicyclic) bond motifs is 9. The van der Waals surface area contributed by atoms with Crippen molar-refractivity contribution >= 4 is 82.4 Å². The van der Waals surface area contributed by atoms with Crippen LogP contribution in [0.2, 0.25) is 0 Å². The van der Waals surface area contributed by atoms with Crippen LogP contribution in [0.15, 0.2) is 247 Å². The highest BCUT2D eigenvalue weighted by atomic mass is 16.3. The molecule has 0 aliphatic heterocycles. The summed E-state index contributed by atoms with van der Waals surface area (Å²) in [5, 5.41) is 9.67. The van der Waals surface area contributed by atoms with Crippen LogP contribution >= 0.6 is 0 Å². The van der Waals surface area contributed by atoms with Crippen molar-refractivity contribution in [2.45, 2.75) is 0 Å². The van der Waals surface area contributed by atoms with Gasteiger partial charge in [-0.3, -0.25) is 0 Å². The molecule has 0 saturated heterocycles. The van der Waals surface area contributed by atoms with Crippen LogP contribution in [0.1, 0.15) is 0 Å². The van der Waals surface area contributed by atoms with Crippen LogP contribution in [0, 0.1) is 0 Å². The molecule has 0 unspecified atom stereocenters. The Morgan fingerprint density at radius 2 is 0.846 bits per heavy atom. The Balaban J connectivity index is 1.04. The lowest BCUT2D eigenvalue weighted by Gasteiger charge is -2.29. The molecule has 2 aromatic heterocycles. The second kappa shape index (κ2) is 15.0. The highest BCUT2D eigenvalue weighted by Crippen LogP contribution is 2.47. The topological polar surface area (TPSA) is 21.3 Å². The van der Waals surface area contributed by atoms with Crippen LogP contribution in [0.4, 0.5) is 17.1 Å². The van der Waals surface area contributed by atoms with E-state index in [0.29, 0.717) is 0 Å². The van der Waals surface area contributed by atoms with Crippen LogP contribution in [0.5, 0.6) is 0 Å². The van der Waals surface area contributed by atoms with Gasteiger partial charge in [0.05, 0.1) is 22.4 Å². The third-order valence-electron chi connectivity index (χ3n) is 13.2. The number of rotatable bonds is 7. The molecular weight excluding hydrogens is 789 g/mol. The molecule has 0 saturated carbocycles. The second-order valence-electron chi connectivity index (χ2n) is 16.8. The van der Waals surface area contributed by atoms with Crippen molar-refractivity contribution in [3.8, 4) is 39.1 Å². The van der Waals surface area contributed by atoms with E-state index in [1.165, 1.54) is 48.9 Å². The normalized spacial score (nSPS) is 11.7. The maximum atomic E-state index is 6.70. The van der Waals surface area contributed by atoms with Crippen LogP contribution in [0.3, 0.4) is 0 Å². The van der Waals surface area contributed by atoms with Gasteiger partial charge in [-0.25, -0.2) is 0 Å². The standard InChI is InChI=1S/C62H40N2O/c1-2-23-46-43(18-1)40-56(49-26-4-3-25-48(46)49)42-20-16-22-45(39-42)63(58-34-11-8-29-52(58)54-31-17-32-55-53-30-9-14-37-61(53)65-62(54)55)44-21-15-19-41(38-44)47-24-5-10-33-57(47)64-59-35-12-6-27-50(59)51-28-7-13-36-60(51)64/h1-40H. The molecule has 0 aliphatic rings. The summed E-state index contributed by atoms with van der Waals surface area (Å²) in [6, 6.07) is 87.8. The number of furan rings is 1. The summed E-state index contributed by atoms with van der Waals surface area (Å²) < 4.78 is 9.12. The predicted molar refractivity (Wildman–Crippen MR) is 274 cm³/mol. The van der Waals surface area contributed by atoms with E-state index in [-0.39, 0.29) is 0 Å². The van der Waals surface area contributed by atoms with Crippen molar-refractivity contribution < 1.29 is 4.42 Å². The van der Waals surface area contributed by atoms with Crippen molar-refractivity contribution in [2.24, 2.45) is 0 Å². The van der Waals surface area contributed by atoms with Gasteiger partial charge in [-0.05, 0) is 98.9 Å². The van der Waals surface area contributed by atoms with E-state index < -0.39 is 0 Å².